The molecule has 0 fully saturated rings. The fourth-order valence-corrected chi connectivity index (χ4v) is 1.50. The highest BCUT2D eigenvalue weighted by molar-refractivity contribution is 14.1. The minimum absolute atomic E-state index is 1.10. The largest absolute Gasteiger partial charge is 0.389 e. The van der Waals surface area contributed by atoms with Crippen LogP contribution in [0.25, 0.3) is 0 Å². The Bertz CT molecular complexity index is 100. The van der Waals surface area contributed by atoms with Crippen LogP contribution in [0.5, 0.6) is 0 Å². The molecule has 0 aliphatic heterocycles. The number of halogens is 1. The molecule has 0 aromatic heterocycles. The molecular formula is C10H20IN. The van der Waals surface area contributed by atoms with E-state index in [1.165, 1.54) is 35.8 Å². The molecule has 0 heterocycles. The molecule has 0 aromatic carbocycles. The fourth-order valence-electron chi connectivity index (χ4n) is 0.963. The number of nitrogens with one attached hydrogen (secondary N) is 1. The predicted octanol–water partition coefficient (Wildman–Crippen LogP) is 3.50. The van der Waals surface area contributed by atoms with Crippen molar-refractivity contribution in [1.29, 1.82) is 0 Å². The maximum absolute atomic E-state index is 3.98. The maximum Gasteiger partial charge on any atom is 0.0143 e. The van der Waals surface area contributed by atoms with Crippen molar-refractivity contribution in [3.63, 3.8) is 0 Å². The molecule has 12 heavy (non-hydrogen) atoms. The third kappa shape index (κ3) is 8.37. The first-order chi connectivity index (χ1) is 5.81. The van der Waals surface area contributed by atoms with E-state index in [0.717, 1.165) is 13.0 Å². The molecule has 0 saturated heterocycles. The van der Waals surface area contributed by atoms with Crippen LogP contribution in [0.15, 0.2) is 12.3 Å². The van der Waals surface area contributed by atoms with Crippen LogP contribution in [0.1, 0.15) is 39.0 Å². The molecule has 0 atom stereocenters. The van der Waals surface area contributed by atoms with Gasteiger partial charge in [-0.05, 0) is 30.1 Å². The van der Waals surface area contributed by atoms with E-state index in [0.29, 0.717) is 0 Å². The van der Waals surface area contributed by atoms with Crippen LogP contribution >= 0.6 is 22.6 Å². The molecule has 0 aliphatic carbocycles. The normalized spacial score (nSPS) is 9.83. The number of allylic oxidation sites excluding steroid dienone is 1. The highest BCUT2D eigenvalue weighted by Crippen LogP contribution is 2.04. The van der Waals surface area contributed by atoms with Crippen LogP contribution in [-0.4, -0.2) is 11.0 Å². The molecule has 0 saturated carbocycles. The number of hydrogen-bond acceptors (Lipinski definition) is 1. The molecule has 1 nitrogen and oxygen atoms in total. The van der Waals surface area contributed by atoms with Crippen molar-refractivity contribution in [3.05, 3.63) is 12.3 Å². The van der Waals surface area contributed by atoms with Crippen molar-refractivity contribution in [2.24, 2.45) is 0 Å². The smallest absolute Gasteiger partial charge is 0.0143 e. The van der Waals surface area contributed by atoms with Gasteiger partial charge in [0.05, 0.1) is 0 Å². The average Bonchev–Trinajstić information content (AvgIpc) is 2.06. The van der Waals surface area contributed by atoms with Crippen LogP contribution in [0.2, 0.25) is 0 Å². The van der Waals surface area contributed by atoms with Gasteiger partial charge in [-0.1, -0.05) is 42.5 Å². The second-order valence-corrected chi connectivity index (χ2v) is 4.11. The lowest BCUT2D eigenvalue weighted by Gasteiger charge is -2.07. The molecule has 0 rings (SSSR count). The summed E-state index contributed by atoms with van der Waals surface area (Å²) in [6.07, 6.45) is 6.25. The predicted molar refractivity (Wildman–Crippen MR) is 64.8 cm³/mol. The Hall–Kier alpha value is 0.270. The van der Waals surface area contributed by atoms with Crippen molar-refractivity contribution in [2.75, 3.05) is 11.0 Å². The van der Waals surface area contributed by atoms with E-state index in [1.54, 1.807) is 0 Å². The summed E-state index contributed by atoms with van der Waals surface area (Å²) in [6, 6.07) is 0. The van der Waals surface area contributed by atoms with Gasteiger partial charge in [-0.3, -0.25) is 0 Å². The second kappa shape index (κ2) is 9.36. The number of hydrogen-bond donors (Lipinski definition) is 1. The Kier molecular flexibility index (Phi) is 9.57. The molecule has 1 N–H and O–H groups in total. The fraction of sp³-hybridized carbons (Fsp3) is 0.800. The Morgan fingerprint density at radius 3 is 2.67 bits per heavy atom. The average molecular weight is 281 g/mol. The highest BCUT2D eigenvalue weighted by Gasteiger charge is 1.92. The van der Waals surface area contributed by atoms with Crippen LogP contribution in [0.3, 0.4) is 0 Å². The van der Waals surface area contributed by atoms with Gasteiger partial charge in [0.15, 0.2) is 0 Å². The third-order valence-electron chi connectivity index (χ3n) is 1.77. The van der Waals surface area contributed by atoms with Crippen molar-refractivity contribution >= 4 is 22.6 Å². The van der Waals surface area contributed by atoms with E-state index >= 15 is 0 Å². The maximum atomic E-state index is 3.98. The number of unbranched alkanes of at least 4 members (excludes halogenated alkanes) is 2. The van der Waals surface area contributed by atoms with Gasteiger partial charge in [-0.2, -0.15) is 0 Å². The summed E-state index contributed by atoms with van der Waals surface area (Å²) >= 11 is 2.42. The zero-order valence-corrected chi connectivity index (χ0v) is 10.2. The highest BCUT2D eigenvalue weighted by atomic mass is 127. The first-order valence-corrected chi connectivity index (χ1v) is 6.31. The monoisotopic (exact) mass is 281 g/mol. The zero-order valence-electron chi connectivity index (χ0n) is 8.03. The molecule has 0 unspecified atom stereocenters. The molecule has 0 amide bonds. The Morgan fingerprint density at radius 1 is 1.33 bits per heavy atom. The molecule has 0 aliphatic rings. The van der Waals surface area contributed by atoms with E-state index in [9.17, 15) is 0 Å². The Balaban J connectivity index is 3.10. The van der Waals surface area contributed by atoms with E-state index in [2.05, 4.69) is 41.4 Å². The van der Waals surface area contributed by atoms with Gasteiger partial charge in [0.25, 0.3) is 0 Å². The summed E-state index contributed by atoms with van der Waals surface area (Å²) in [5.74, 6) is 0. The summed E-state index contributed by atoms with van der Waals surface area (Å²) < 4.78 is 1.26. The molecule has 2 heteroatoms. The van der Waals surface area contributed by atoms with Crippen LogP contribution in [0.4, 0.5) is 0 Å². The topological polar surface area (TPSA) is 12.0 Å². The molecule has 0 bridgehead atoms. The van der Waals surface area contributed by atoms with Gasteiger partial charge in [-0.25, -0.2) is 0 Å². The molecular weight excluding hydrogens is 261 g/mol. The number of rotatable bonds is 8. The zero-order chi connectivity index (χ0) is 9.23. The van der Waals surface area contributed by atoms with Gasteiger partial charge in [0.1, 0.15) is 0 Å². The quantitative estimate of drug-likeness (QED) is 0.408. The first kappa shape index (κ1) is 12.3. The van der Waals surface area contributed by atoms with Crippen molar-refractivity contribution in [1.82, 2.24) is 5.32 Å². The Morgan fingerprint density at radius 2 is 2.08 bits per heavy atom. The lowest BCUT2D eigenvalue weighted by atomic mass is 10.2. The SMILES string of the molecule is C=C(CCCCI)NCCCC. The standard InChI is InChI=1S/C10H20IN/c1-3-4-9-12-10(2)7-5-6-8-11/h12H,2-9H2,1H3. The van der Waals surface area contributed by atoms with Crippen LogP contribution in [-0.2, 0) is 0 Å². The first-order valence-electron chi connectivity index (χ1n) is 4.79. The summed E-state index contributed by atoms with van der Waals surface area (Å²) in [5, 5.41) is 3.35. The molecule has 72 valence electrons. The minimum atomic E-state index is 1.10. The van der Waals surface area contributed by atoms with Crippen molar-refractivity contribution < 1.29 is 0 Å². The Labute approximate surface area is 90.1 Å². The summed E-state index contributed by atoms with van der Waals surface area (Å²) in [5.41, 5.74) is 1.22. The lowest BCUT2D eigenvalue weighted by Crippen LogP contribution is -2.13. The number of alkyl halides is 1. The molecule has 0 aromatic rings. The molecule has 0 spiro atoms. The van der Waals surface area contributed by atoms with Crippen LogP contribution in [0, 0.1) is 0 Å². The third-order valence-corrected chi connectivity index (χ3v) is 2.53. The van der Waals surface area contributed by atoms with Gasteiger partial charge >= 0.3 is 0 Å². The van der Waals surface area contributed by atoms with E-state index in [-0.39, 0.29) is 0 Å². The van der Waals surface area contributed by atoms with Crippen molar-refractivity contribution in [2.45, 2.75) is 39.0 Å². The van der Waals surface area contributed by atoms with E-state index in [4.69, 9.17) is 0 Å². The van der Waals surface area contributed by atoms with E-state index < -0.39 is 0 Å². The van der Waals surface area contributed by atoms with Gasteiger partial charge in [0.2, 0.25) is 0 Å². The van der Waals surface area contributed by atoms with Gasteiger partial charge in [-0.15, -0.1) is 0 Å². The second-order valence-electron chi connectivity index (χ2n) is 3.03. The summed E-state index contributed by atoms with van der Waals surface area (Å²) in [6.45, 7) is 7.29. The summed E-state index contributed by atoms with van der Waals surface area (Å²) in [4.78, 5) is 0. The van der Waals surface area contributed by atoms with E-state index in [1.807, 2.05) is 0 Å². The molecule has 0 radical (unpaired) electrons. The minimum Gasteiger partial charge on any atom is -0.389 e. The van der Waals surface area contributed by atoms with Gasteiger partial charge in [0, 0.05) is 12.2 Å². The van der Waals surface area contributed by atoms with Crippen molar-refractivity contribution in [3.8, 4) is 0 Å². The summed E-state index contributed by atoms with van der Waals surface area (Å²) in [7, 11) is 0. The van der Waals surface area contributed by atoms with Crippen LogP contribution < -0.4 is 5.32 Å². The van der Waals surface area contributed by atoms with Gasteiger partial charge < -0.3 is 5.32 Å². The lowest BCUT2D eigenvalue weighted by molar-refractivity contribution is 0.668.